The first-order chi connectivity index (χ1) is 16.6. The fourth-order valence-electron chi connectivity index (χ4n) is 3.81. The largest absolute Gasteiger partial charge is 1.00 e. The number of hydrogen-bond donors (Lipinski definition) is 7. The van der Waals surface area contributed by atoms with Gasteiger partial charge in [0.25, 0.3) is 0 Å². The van der Waals surface area contributed by atoms with E-state index in [-0.39, 0.29) is 37.6 Å². The van der Waals surface area contributed by atoms with Crippen molar-refractivity contribution < 1.29 is 97.7 Å². The summed E-state index contributed by atoms with van der Waals surface area (Å²) < 4.78 is 50.0. The maximum atomic E-state index is 12.4. The molecule has 36 heavy (non-hydrogen) atoms. The minimum Gasteiger partial charge on any atom is -1.00 e. The van der Waals surface area contributed by atoms with Gasteiger partial charge in [0.05, 0.1) is 13.2 Å². The molecular weight excluding hydrogens is 519 g/mol. The number of unbranched alkanes of at least 4 members (excludes halogenated alkanes) is 5. The van der Waals surface area contributed by atoms with Crippen LogP contribution in [-0.2, 0) is 33.0 Å². The van der Waals surface area contributed by atoms with E-state index in [1.54, 1.807) is 0 Å². The van der Waals surface area contributed by atoms with E-state index in [9.17, 15) is 44.2 Å². The van der Waals surface area contributed by atoms with Gasteiger partial charge in [-0.05, 0) is 6.42 Å². The Hall–Kier alpha value is 0.470. The molecule has 16 heteroatoms. The Morgan fingerprint density at radius 1 is 0.722 bits per heavy atom. The molecular formula is C20H39NaO14S. The van der Waals surface area contributed by atoms with Crippen molar-refractivity contribution in [2.24, 2.45) is 0 Å². The van der Waals surface area contributed by atoms with Crippen LogP contribution in [0.2, 0.25) is 0 Å². The quantitative estimate of drug-likeness (QED) is 0.0780. The zero-order chi connectivity index (χ0) is 26.2. The predicted octanol–water partition coefficient (Wildman–Crippen LogP) is -5.63. The number of aliphatic hydroxyl groups excluding tert-OH is 7. The molecule has 0 aromatic rings. The van der Waals surface area contributed by atoms with E-state index in [1.807, 2.05) is 0 Å². The summed E-state index contributed by atoms with van der Waals surface area (Å²) in [6.45, 7) is 0.695. The summed E-state index contributed by atoms with van der Waals surface area (Å²) in [5.41, 5.74) is 0. The van der Waals surface area contributed by atoms with E-state index in [4.69, 9.17) is 18.4 Å². The van der Waals surface area contributed by atoms with E-state index in [2.05, 4.69) is 11.1 Å². The average Bonchev–Trinajstić information content (AvgIpc) is 2.82. The molecule has 0 unspecified atom stereocenters. The van der Waals surface area contributed by atoms with E-state index in [1.165, 1.54) is 0 Å². The Morgan fingerprint density at radius 2 is 1.28 bits per heavy atom. The molecule has 0 aromatic carbocycles. The second-order valence-electron chi connectivity index (χ2n) is 8.61. The Morgan fingerprint density at radius 3 is 1.89 bits per heavy atom. The molecule has 0 radical (unpaired) electrons. The number of ether oxygens (including phenoxy) is 3. The first-order valence-electron chi connectivity index (χ1n) is 11.7. The second kappa shape index (κ2) is 16.5. The standard InChI is InChI=1S/C20H38O14S.Na.H/c1-2-3-4-5-6-7-8-30-19-17(27)15(25)18(12(10-22)32-19)33-35(28,29)34-20-16(26)14(24)13(23)11(9-21)31-20;;/h11-27H,2-10H2,1H3;;/q;+1;-1/t11-,12-,13+,14+,15-,16-,17-,18-,19+,20+;;/m1../s1. The number of rotatable bonds is 14. The van der Waals surface area contributed by atoms with Gasteiger partial charge in [-0.2, -0.15) is 8.42 Å². The topological polar surface area (TPSA) is 222 Å². The molecule has 0 bridgehead atoms. The van der Waals surface area contributed by atoms with Crippen molar-refractivity contribution in [1.29, 1.82) is 0 Å². The van der Waals surface area contributed by atoms with Crippen LogP contribution in [0.3, 0.4) is 0 Å². The molecule has 10 atom stereocenters. The van der Waals surface area contributed by atoms with Gasteiger partial charge in [-0.1, -0.05) is 39.0 Å². The zero-order valence-electron chi connectivity index (χ0n) is 21.5. The minimum atomic E-state index is -5.10. The Labute approximate surface area is 234 Å². The molecule has 0 aliphatic carbocycles. The van der Waals surface area contributed by atoms with Gasteiger partial charge in [-0.15, -0.1) is 0 Å². The maximum Gasteiger partial charge on any atom is 1.00 e. The van der Waals surface area contributed by atoms with Crippen LogP contribution >= 0.6 is 0 Å². The minimum absolute atomic E-state index is 0. The molecule has 2 fully saturated rings. The van der Waals surface area contributed by atoms with Gasteiger partial charge in [-0.25, -0.2) is 8.37 Å². The van der Waals surface area contributed by atoms with Crippen LogP contribution in [0, 0.1) is 0 Å². The third kappa shape index (κ3) is 9.59. The normalized spacial score (nSPS) is 37.4. The first-order valence-corrected chi connectivity index (χ1v) is 13.1. The Balaban J connectivity index is 0.00000648. The Bertz CT molecular complexity index is 717. The molecule has 0 amide bonds. The summed E-state index contributed by atoms with van der Waals surface area (Å²) in [5, 5.41) is 69.1. The summed E-state index contributed by atoms with van der Waals surface area (Å²) in [6, 6.07) is 0. The van der Waals surface area contributed by atoms with Gasteiger partial charge < -0.3 is 51.4 Å². The van der Waals surface area contributed by atoms with Crippen LogP contribution in [0.1, 0.15) is 46.9 Å². The molecule has 0 aromatic heterocycles. The third-order valence-electron chi connectivity index (χ3n) is 5.89. The summed E-state index contributed by atoms with van der Waals surface area (Å²) in [5.74, 6) is 0. The fourth-order valence-corrected chi connectivity index (χ4v) is 4.76. The van der Waals surface area contributed by atoms with E-state index >= 15 is 0 Å². The molecule has 2 saturated heterocycles. The van der Waals surface area contributed by atoms with Crippen molar-refractivity contribution in [1.82, 2.24) is 0 Å². The molecule has 7 N–H and O–H groups in total. The van der Waals surface area contributed by atoms with Gasteiger partial charge in [0.1, 0.15) is 48.8 Å². The van der Waals surface area contributed by atoms with Crippen molar-refractivity contribution in [3.63, 3.8) is 0 Å². The first kappa shape index (κ1) is 34.5. The molecule has 0 saturated carbocycles. The van der Waals surface area contributed by atoms with Crippen molar-refractivity contribution in [3.8, 4) is 0 Å². The Kier molecular flexibility index (Phi) is 15.9. The smallest absolute Gasteiger partial charge is 1.00 e. The SMILES string of the molecule is CCCCCCCCO[C@H]1O[C@H](CO)[C@@H](OS(=O)(=O)O[C@@H]2O[C@H](CO)[C@H](O)[C@H](O)[C@H]2O)[C@H](O)[C@H]1O.[H-].[Na+]. The number of aliphatic hydroxyl groups is 7. The molecule has 210 valence electrons. The van der Waals surface area contributed by atoms with Crippen molar-refractivity contribution in [3.05, 3.63) is 0 Å². The van der Waals surface area contributed by atoms with Gasteiger partial charge in [0, 0.05) is 6.61 Å². The monoisotopic (exact) mass is 558 g/mol. The summed E-state index contributed by atoms with van der Waals surface area (Å²) in [7, 11) is -5.10. The van der Waals surface area contributed by atoms with Gasteiger partial charge in [0.2, 0.25) is 6.29 Å². The third-order valence-corrected chi connectivity index (χ3v) is 6.77. The van der Waals surface area contributed by atoms with E-state index in [0.29, 0.717) is 6.42 Å². The van der Waals surface area contributed by atoms with Gasteiger partial charge in [0.15, 0.2) is 6.29 Å². The van der Waals surface area contributed by atoms with Gasteiger partial charge in [-0.3, -0.25) is 0 Å². The van der Waals surface area contributed by atoms with Crippen LogP contribution in [0.4, 0.5) is 0 Å². The maximum absolute atomic E-state index is 12.4. The molecule has 0 spiro atoms. The van der Waals surface area contributed by atoms with Crippen LogP contribution < -0.4 is 29.6 Å². The van der Waals surface area contributed by atoms with Crippen molar-refractivity contribution in [2.45, 2.75) is 107 Å². The molecule has 14 nitrogen and oxygen atoms in total. The second-order valence-corrected chi connectivity index (χ2v) is 9.81. The van der Waals surface area contributed by atoms with Crippen LogP contribution in [-0.4, -0.2) is 125 Å². The summed E-state index contributed by atoms with van der Waals surface area (Å²) in [4.78, 5) is 0. The van der Waals surface area contributed by atoms with E-state index < -0.39 is 85.0 Å². The van der Waals surface area contributed by atoms with Crippen LogP contribution in [0.5, 0.6) is 0 Å². The average molecular weight is 559 g/mol. The van der Waals surface area contributed by atoms with Gasteiger partial charge >= 0.3 is 40.0 Å². The summed E-state index contributed by atoms with van der Waals surface area (Å²) >= 11 is 0. The van der Waals surface area contributed by atoms with Crippen molar-refractivity contribution in [2.75, 3.05) is 19.8 Å². The summed E-state index contributed by atoms with van der Waals surface area (Å²) in [6.07, 6.45) is -11.4. The van der Waals surface area contributed by atoms with Crippen LogP contribution in [0.15, 0.2) is 0 Å². The molecule has 2 aliphatic heterocycles. The molecule has 2 aliphatic rings. The molecule has 2 heterocycles. The predicted molar refractivity (Wildman–Crippen MR) is 117 cm³/mol. The van der Waals surface area contributed by atoms with Crippen molar-refractivity contribution >= 4 is 10.4 Å². The number of hydrogen-bond acceptors (Lipinski definition) is 14. The molecule has 2 rings (SSSR count). The zero-order valence-corrected chi connectivity index (χ0v) is 23.4. The fraction of sp³-hybridized carbons (Fsp3) is 1.00. The van der Waals surface area contributed by atoms with Crippen LogP contribution in [0.25, 0.3) is 0 Å². The van der Waals surface area contributed by atoms with E-state index in [0.717, 1.165) is 32.1 Å².